The summed E-state index contributed by atoms with van der Waals surface area (Å²) < 4.78 is 0. The largest absolute Gasteiger partial charge is 0.354 e. The third-order valence-electron chi connectivity index (χ3n) is 4.93. The van der Waals surface area contributed by atoms with Crippen molar-refractivity contribution in [1.29, 1.82) is 0 Å². The summed E-state index contributed by atoms with van der Waals surface area (Å²) in [6.07, 6.45) is 0.980. The zero-order chi connectivity index (χ0) is 19.0. The van der Waals surface area contributed by atoms with Crippen molar-refractivity contribution in [2.24, 2.45) is 0 Å². The van der Waals surface area contributed by atoms with Crippen molar-refractivity contribution in [1.82, 2.24) is 9.88 Å². The van der Waals surface area contributed by atoms with Gasteiger partial charge in [0.05, 0.1) is 10.7 Å². The molecule has 0 saturated carbocycles. The SMILES string of the molecule is Cc1ccc(Nc2cc(CCN(C)C)c3[nH]c4ccccc4c3c2)c(Cl)c1. The lowest BCUT2D eigenvalue weighted by Crippen LogP contribution is -2.15. The molecular formula is C23H24ClN3. The molecule has 0 unspecified atom stereocenters. The molecular weight excluding hydrogens is 354 g/mol. The first-order chi connectivity index (χ1) is 13.0. The minimum absolute atomic E-state index is 0.740. The van der Waals surface area contributed by atoms with Crippen molar-refractivity contribution in [3.63, 3.8) is 0 Å². The molecule has 0 spiro atoms. The second kappa shape index (κ2) is 7.26. The van der Waals surface area contributed by atoms with Crippen LogP contribution in [0, 0.1) is 6.92 Å². The molecule has 0 aliphatic carbocycles. The lowest BCUT2D eigenvalue weighted by atomic mass is 10.0. The van der Waals surface area contributed by atoms with Gasteiger partial charge in [-0.2, -0.15) is 0 Å². The van der Waals surface area contributed by atoms with Crippen LogP contribution in [0.15, 0.2) is 54.6 Å². The number of aryl methyl sites for hydroxylation is 1. The first-order valence-electron chi connectivity index (χ1n) is 9.22. The zero-order valence-electron chi connectivity index (χ0n) is 15.9. The average Bonchev–Trinajstić information content (AvgIpc) is 3.01. The Hall–Kier alpha value is -2.49. The quantitative estimate of drug-likeness (QED) is 0.438. The fraction of sp³-hybridized carbons (Fsp3) is 0.217. The Morgan fingerprint density at radius 3 is 2.59 bits per heavy atom. The van der Waals surface area contributed by atoms with Gasteiger partial charge in [0.15, 0.2) is 0 Å². The lowest BCUT2D eigenvalue weighted by Gasteiger charge is -2.14. The molecule has 27 heavy (non-hydrogen) atoms. The summed E-state index contributed by atoms with van der Waals surface area (Å²) in [4.78, 5) is 5.82. The molecule has 0 fully saturated rings. The van der Waals surface area contributed by atoms with E-state index in [0.717, 1.165) is 34.9 Å². The number of hydrogen-bond acceptors (Lipinski definition) is 2. The van der Waals surface area contributed by atoms with E-state index in [2.05, 4.69) is 71.8 Å². The maximum absolute atomic E-state index is 6.44. The second-order valence-electron chi connectivity index (χ2n) is 7.39. The van der Waals surface area contributed by atoms with E-state index < -0.39 is 0 Å². The van der Waals surface area contributed by atoms with Gasteiger partial charge in [0.25, 0.3) is 0 Å². The van der Waals surface area contributed by atoms with Gasteiger partial charge in [-0.05, 0) is 68.9 Å². The number of hydrogen-bond donors (Lipinski definition) is 2. The van der Waals surface area contributed by atoms with E-state index in [-0.39, 0.29) is 0 Å². The van der Waals surface area contributed by atoms with Crippen LogP contribution >= 0.6 is 11.6 Å². The van der Waals surface area contributed by atoms with Gasteiger partial charge in [0.1, 0.15) is 0 Å². The van der Waals surface area contributed by atoms with Crippen molar-refractivity contribution < 1.29 is 0 Å². The number of likely N-dealkylation sites (N-methyl/N-ethyl adjacent to an activating group) is 1. The van der Waals surface area contributed by atoms with Crippen molar-refractivity contribution in [3.05, 3.63) is 70.7 Å². The van der Waals surface area contributed by atoms with Gasteiger partial charge >= 0.3 is 0 Å². The number of halogens is 1. The highest BCUT2D eigenvalue weighted by Crippen LogP contribution is 2.33. The summed E-state index contributed by atoms with van der Waals surface area (Å²) >= 11 is 6.44. The molecule has 1 aromatic heterocycles. The minimum Gasteiger partial charge on any atom is -0.354 e. The van der Waals surface area contributed by atoms with Gasteiger partial charge in [-0.25, -0.2) is 0 Å². The predicted molar refractivity (Wildman–Crippen MR) is 118 cm³/mol. The predicted octanol–water partition coefficient (Wildman–Crippen LogP) is 6.13. The number of para-hydroxylation sites is 1. The van der Waals surface area contributed by atoms with Crippen molar-refractivity contribution in [2.75, 3.05) is 26.0 Å². The summed E-state index contributed by atoms with van der Waals surface area (Å²) in [7, 11) is 4.22. The van der Waals surface area contributed by atoms with Crippen LogP contribution in [0.3, 0.4) is 0 Å². The van der Waals surface area contributed by atoms with Gasteiger partial charge in [0.2, 0.25) is 0 Å². The molecule has 138 valence electrons. The number of benzene rings is 3. The number of rotatable bonds is 5. The Kier molecular flexibility index (Phi) is 4.81. The molecule has 3 aromatic carbocycles. The van der Waals surface area contributed by atoms with Crippen LogP contribution in [-0.4, -0.2) is 30.5 Å². The van der Waals surface area contributed by atoms with Crippen molar-refractivity contribution in [2.45, 2.75) is 13.3 Å². The standard InChI is InChI=1S/C23H24ClN3/c1-15-8-9-22(20(24)12-15)25-17-13-16(10-11-27(2)3)23-19(14-17)18-6-4-5-7-21(18)26-23/h4-9,12-14,25-26H,10-11H2,1-3H3. The fourth-order valence-corrected chi connectivity index (χ4v) is 3.80. The summed E-state index contributed by atoms with van der Waals surface area (Å²) in [5, 5.41) is 6.74. The molecule has 0 bridgehead atoms. The molecule has 3 nitrogen and oxygen atoms in total. The van der Waals surface area contributed by atoms with Crippen LogP contribution < -0.4 is 5.32 Å². The van der Waals surface area contributed by atoms with Crippen molar-refractivity contribution >= 4 is 44.8 Å². The van der Waals surface area contributed by atoms with Crippen LogP contribution in [0.1, 0.15) is 11.1 Å². The van der Waals surface area contributed by atoms with E-state index >= 15 is 0 Å². The number of nitrogens with one attached hydrogen (secondary N) is 2. The van der Waals surface area contributed by atoms with Crippen molar-refractivity contribution in [3.8, 4) is 0 Å². The molecule has 4 heteroatoms. The monoisotopic (exact) mass is 377 g/mol. The Bertz CT molecular complexity index is 1110. The maximum Gasteiger partial charge on any atom is 0.0643 e. The molecule has 4 aromatic rings. The highest BCUT2D eigenvalue weighted by Gasteiger charge is 2.11. The Morgan fingerprint density at radius 1 is 1.00 bits per heavy atom. The van der Waals surface area contributed by atoms with E-state index in [0.29, 0.717) is 0 Å². The molecule has 0 radical (unpaired) electrons. The number of nitrogens with zero attached hydrogens (tertiary/aromatic N) is 1. The van der Waals surface area contributed by atoms with Crippen LogP contribution in [0.2, 0.25) is 5.02 Å². The third kappa shape index (κ3) is 3.66. The van der Waals surface area contributed by atoms with Crippen LogP contribution in [0.4, 0.5) is 11.4 Å². The zero-order valence-corrected chi connectivity index (χ0v) is 16.7. The van der Waals surface area contributed by atoms with Crippen LogP contribution in [-0.2, 0) is 6.42 Å². The van der Waals surface area contributed by atoms with Crippen LogP contribution in [0.5, 0.6) is 0 Å². The molecule has 0 aliphatic rings. The smallest absolute Gasteiger partial charge is 0.0643 e. The molecule has 0 saturated heterocycles. The summed E-state index contributed by atoms with van der Waals surface area (Å²) in [6.45, 7) is 3.05. The Labute approximate surface area is 164 Å². The fourth-order valence-electron chi connectivity index (χ4n) is 3.51. The van der Waals surface area contributed by atoms with Gasteiger partial charge in [-0.3, -0.25) is 0 Å². The summed E-state index contributed by atoms with van der Waals surface area (Å²) in [6, 6.07) is 19.0. The highest BCUT2D eigenvalue weighted by atomic mass is 35.5. The van der Waals surface area contributed by atoms with Gasteiger partial charge in [0, 0.05) is 34.0 Å². The Balaban J connectivity index is 1.83. The molecule has 4 rings (SSSR count). The first kappa shape index (κ1) is 17.9. The number of anilines is 2. The molecule has 2 N–H and O–H groups in total. The number of aromatic amines is 1. The minimum atomic E-state index is 0.740. The van der Waals surface area contributed by atoms with Gasteiger partial charge < -0.3 is 15.2 Å². The van der Waals surface area contributed by atoms with E-state index in [1.54, 1.807) is 0 Å². The third-order valence-corrected chi connectivity index (χ3v) is 5.24. The van der Waals surface area contributed by atoms with E-state index in [1.807, 2.05) is 19.1 Å². The average molecular weight is 378 g/mol. The van der Waals surface area contributed by atoms with E-state index in [4.69, 9.17) is 11.6 Å². The molecule has 0 atom stereocenters. The highest BCUT2D eigenvalue weighted by molar-refractivity contribution is 6.33. The van der Waals surface area contributed by atoms with E-state index in [9.17, 15) is 0 Å². The maximum atomic E-state index is 6.44. The lowest BCUT2D eigenvalue weighted by molar-refractivity contribution is 0.414. The molecule has 0 aliphatic heterocycles. The molecule has 0 amide bonds. The number of fused-ring (bicyclic) bond motifs is 3. The van der Waals surface area contributed by atoms with Gasteiger partial charge in [-0.1, -0.05) is 35.9 Å². The van der Waals surface area contributed by atoms with E-state index in [1.165, 1.54) is 27.4 Å². The van der Waals surface area contributed by atoms with Crippen LogP contribution in [0.25, 0.3) is 21.8 Å². The normalized spacial score (nSPS) is 11.6. The van der Waals surface area contributed by atoms with Gasteiger partial charge in [-0.15, -0.1) is 0 Å². The molecule has 1 heterocycles. The summed E-state index contributed by atoms with van der Waals surface area (Å²) in [5.41, 5.74) is 6.85. The summed E-state index contributed by atoms with van der Waals surface area (Å²) in [5.74, 6) is 0. The number of aromatic nitrogens is 1. The topological polar surface area (TPSA) is 31.1 Å². The Morgan fingerprint density at radius 2 is 1.81 bits per heavy atom. The number of H-pyrrole nitrogens is 1. The second-order valence-corrected chi connectivity index (χ2v) is 7.80. The first-order valence-corrected chi connectivity index (χ1v) is 9.60.